The van der Waals surface area contributed by atoms with Gasteiger partial charge in [-0.3, -0.25) is 4.90 Å². The van der Waals surface area contributed by atoms with Crippen LogP contribution in [0.25, 0.3) is 11.6 Å². The van der Waals surface area contributed by atoms with E-state index in [1.165, 1.54) is 0 Å². The van der Waals surface area contributed by atoms with Gasteiger partial charge in [-0.15, -0.1) is 5.10 Å². The lowest BCUT2D eigenvalue weighted by molar-refractivity contribution is 0.242. The van der Waals surface area contributed by atoms with E-state index in [1.54, 1.807) is 0 Å². The Morgan fingerprint density at radius 3 is 2.80 bits per heavy atom. The zero-order chi connectivity index (χ0) is 18.0. The molecule has 0 aromatic carbocycles. The number of unbranched alkanes of at least 4 members (excludes halogenated alkanes) is 1. The third kappa shape index (κ3) is 4.30. The van der Waals surface area contributed by atoms with Crippen LogP contribution in [0, 0.1) is 6.92 Å². The lowest BCUT2D eigenvalue weighted by Gasteiger charge is -2.22. The van der Waals surface area contributed by atoms with Gasteiger partial charge in [-0.05, 0) is 38.9 Å². The van der Waals surface area contributed by atoms with Gasteiger partial charge < -0.3 is 4.42 Å². The van der Waals surface area contributed by atoms with Crippen LogP contribution in [0.1, 0.15) is 37.8 Å². The van der Waals surface area contributed by atoms with E-state index in [1.807, 2.05) is 30.8 Å². The maximum Gasteiger partial charge on any atom is 0.217 e. The summed E-state index contributed by atoms with van der Waals surface area (Å²) in [5.41, 5.74) is 0. The summed E-state index contributed by atoms with van der Waals surface area (Å²) in [4.78, 5) is 6.74. The predicted octanol–water partition coefficient (Wildman–Crippen LogP) is 2.27. The Morgan fingerprint density at radius 1 is 1.40 bits per heavy atom. The molecule has 0 saturated carbocycles. The number of nitrogens with zero attached hydrogens (tertiary/aromatic N) is 4. The van der Waals surface area contributed by atoms with Crippen molar-refractivity contribution in [3.05, 3.63) is 23.7 Å². The Balaban J connectivity index is 1.79. The molecule has 0 N–H and O–H groups in total. The molecule has 0 bridgehead atoms. The van der Waals surface area contributed by atoms with Gasteiger partial charge >= 0.3 is 0 Å². The van der Waals surface area contributed by atoms with Crippen LogP contribution in [-0.2, 0) is 22.9 Å². The van der Waals surface area contributed by atoms with Crippen molar-refractivity contribution in [3.8, 4) is 11.6 Å². The predicted molar refractivity (Wildman–Crippen MR) is 95.9 cm³/mol. The van der Waals surface area contributed by atoms with E-state index < -0.39 is 9.84 Å². The lowest BCUT2D eigenvalue weighted by Crippen LogP contribution is -2.33. The molecule has 138 valence electrons. The van der Waals surface area contributed by atoms with Gasteiger partial charge in [0.15, 0.2) is 15.6 Å². The molecule has 1 aliphatic heterocycles. The third-order valence-corrected chi connectivity index (χ3v) is 6.41. The van der Waals surface area contributed by atoms with Gasteiger partial charge in [-0.2, -0.15) is 0 Å². The summed E-state index contributed by atoms with van der Waals surface area (Å²) < 4.78 is 31.0. The zero-order valence-corrected chi connectivity index (χ0v) is 15.9. The SMILES string of the molecule is CCCCn1nc(-c2ccc(C)o2)nc1CN(C)C1CCS(=O)(=O)C1. The van der Waals surface area contributed by atoms with Crippen LogP contribution in [0.15, 0.2) is 16.5 Å². The van der Waals surface area contributed by atoms with Gasteiger partial charge in [0.2, 0.25) is 5.82 Å². The van der Waals surface area contributed by atoms with Crippen molar-refractivity contribution in [2.45, 2.75) is 52.2 Å². The van der Waals surface area contributed by atoms with Crippen LogP contribution in [-0.4, -0.2) is 52.7 Å². The van der Waals surface area contributed by atoms with E-state index in [-0.39, 0.29) is 17.5 Å². The Hall–Kier alpha value is -1.67. The average molecular weight is 366 g/mol. The van der Waals surface area contributed by atoms with Gasteiger partial charge in [-0.25, -0.2) is 18.1 Å². The molecule has 0 aliphatic carbocycles. The van der Waals surface area contributed by atoms with Crippen molar-refractivity contribution in [1.29, 1.82) is 0 Å². The monoisotopic (exact) mass is 366 g/mol. The van der Waals surface area contributed by atoms with Crippen molar-refractivity contribution >= 4 is 9.84 Å². The second-order valence-corrected chi connectivity index (χ2v) is 9.04. The number of hydrogen-bond acceptors (Lipinski definition) is 6. The van der Waals surface area contributed by atoms with Gasteiger partial charge in [0, 0.05) is 12.6 Å². The van der Waals surface area contributed by atoms with Crippen LogP contribution in [0.5, 0.6) is 0 Å². The first-order chi connectivity index (χ1) is 11.9. The minimum Gasteiger partial charge on any atom is -0.458 e. The Morgan fingerprint density at radius 2 is 2.20 bits per heavy atom. The number of furan rings is 1. The molecule has 1 fully saturated rings. The molecule has 3 rings (SSSR count). The first-order valence-corrected chi connectivity index (χ1v) is 10.6. The van der Waals surface area contributed by atoms with Crippen molar-refractivity contribution in [2.24, 2.45) is 0 Å². The van der Waals surface area contributed by atoms with Gasteiger partial charge in [0.1, 0.15) is 11.6 Å². The molecule has 7 nitrogen and oxygen atoms in total. The number of sulfone groups is 1. The van der Waals surface area contributed by atoms with E-state index in [0.29, 0.717) is 24.6 Å². The standard InChI is InChI=1S/C17H26N4O3S/c1-4-5-9-21-16(11-20(3)14-8-10-25(22,23)12-14)18-17(19-21)15-7-6-13(2)24-15/h6-7,14H,4-5,8-12H2,1-3H3. The lowest BCUT2D eigenvalue weighted by atomic mass is 10.2. The molecule has 25 heavy (non-hydrogen) atoms. The van der Waals surface area contributed by atoms with Crippen LogP contribution in [0.4, 0.5) is 0 Å². The average Bonchev–Trinajstić information content (AvgIpc) is 3.24. The summed E-state index contributed by atoms with van der Waals surface area (Å²) in [5.74, 6) is 3.45. The van der Waals surface area contributed by atoms with E-state index in [0.717, 1.165) is 31.0 Å². The molecule has 2 aromatic rings. The fourth-order valence-corrected chi connectivity index (χ4v) is 4.92. The number of aryl methyl sites for hydroxylation is 2. The second kappa shape index (κ2) is 7.29. The van der Waals surface area contributed by atoms with E-state index in [4.69, 9.17) is 4.42 Å². The molecule has 8 heteroatoms. The quantitative estimate of drug-likeness (QED) is 0.748. The topological polar surface area (TPSA) is 81.2 Å². The highest BCUT2D eigenvalue weighted by molar-refractivity contribution is 7.91. The minimum atomic E-state index is -2.89. The van der Waals surface area contributed by atoms with Crippen molar-refractivity contribution in [1.82, 2.24) is 19.7 Å². The van der Waals surface area contributed by atoms with Gasteiger partial charge in [0.25, 0.3) is 0 Å². The minimum absolute atomic E-state index is 0.0515. The summed E-state index contributed by atoms with van der Waals surface area (Å²) in [5, 5.41) is 4.61. The number of rotatable bonds is 7. The maximum absolute atomic E-state index is 11.7. The van der Waals surface area contributed by atoms with Crippen LogP contribution in [0.2, 0.25) is 0 Å². The molecule has 0 amide bonds. The molecular weight excluding hydrogens is 340 g/mol. The third-order valence-electron chi connectivity index (χ3n) is 4.66. The number of hydrogen-bond donors (Lipinski definition) is 0. The molecule has 1 atom stereocenters. The highest BCUT2D eigenvalue weighted by atomic mass is 32.2. The van der Waals surface area contributed by atoms with Crippen molar-refractivity contribution in [3.63, 3.8) is 0 Å². The Kier molecular flexibility index (Phi) is 5.29. The van der Waals surface area contributed by atoms with Gasteiger partial charge in [-0.1, -0.05) is 13.3 Å². The molecular formula is C17H26N4O3S. The molecule has 1 saturated heterocycles. The summed E-state index contributed by atoms with van der Waals surface area (Å²) in [6.45, 7) is 5.42. The highest BCUT2D eigenvalue weighted by Gasteiger charge is 2.31. The molecule has 0 spiro atoms. The molecule has 1 aliphatic rings. The largest absolute Gasteiger partial charge is 0.458 e. The molecule has 2 aromatic heterocycles. The highest BCUT2D eigenvalue weighted by Crippen LogP contribution is 2.22. The number of aromatic nitrogens is 3. The normalized spacial score (nSPS) is 19.8. The first kappa shape index (κ1) is 18.1. The van der Waals surface area contributed by atoms with Crippen LogP contribution < -0.4 is 0 Å². The second-order valence-electron chi connectivity index (χ2n) is 6.81. The van der Waals surface area contributed by atoms with Crippen molar-refractivity contribution < 1.29 is 12.8 Å². The fraction of sp³-hybridized carbons (Fsp3) is 0.647. The van der Waals surface area contributed by atoms with Crippen LogP contribution >= 0.6 is 0 Å². The van der Waals surface area contributed by atoms with E-state index in [2.05, 4.69) is 21.9 Å². The summed E-state index contributed by atoms with van der Waals surface area (Å²) in [6.07, 6.45) is 2.78. The smallest absolute Gasteiger partial charge is 0.217 e. The first-order valence-electron chi connectivity index (χ1n) is 8.79. The van der Waals surface area contributed by atoms with E-state index in [9.17, 15) is 8.42 Å². The van der Waals surface area contributed by atoms with Gasteiger partial charge in [0.05, 0.1) is 18.1 Å². The van der Waals surface area contributed by atoms with Crippen LogP contribution in [0.3, 0.4) is 0 Å². The zero-order valence-electron chi connectivity index (χ0n) is 15.1. The molecule has 3 heterocycles. The summed E-state index contributed by atoms with van der Waals surface area (Å²) in [6, 6.07) is 3.83. The Labute approximate surface area is 149 Å². The maximum atomic E-state index is 11.7. The fourth-order valence-electron chi connectivity index (χ4n) is 3.11. The summed E-state index contributed by atoms with van der Waals surface area (Å²) in [7, 11) is -0.932. The molecule has 1 unspecified atom stereocenters. The van der Waals surface area contributed by atoms with E-state index >= 15 is 0 Å². The molecule has 0 radical (unpaired) electrons. The summed E-state index contributed by atoms with van der Waals surface area (Å²) >= 11 is 0. The van der Waals surface area contributed by atoms with Crippen molar-refractivity contribution in [2.75, 3.05) is 18.6 Å². The Bertz CT molecular complexity index is 825.